The van der Waals surface area contributed by atoms with Gasteiger partial charge in [0.25, 0.3) is 0 Å². The Kier molecular flexibility index (Phi) is 6.39. The highest BCUT2D eigenvalue weighted by molar-refractivity contribution is 5.76. The van der Waals surface area contributed by atoms with Gasteiger partial charge in [-0.1, -0.05) is 6.07 Å². The quantitative estimate of drug-likeness (QED) is 0.761. The summed E-state index contributed by atoms with van der Waals surface area (Å²) in [7, 11) is 4.07. The Morgan fingerprint density at radius 3 is 2.96 bits per heavy atom. The third-order valence-electron chi connectivity index (χ3n) is 5.21. The van der Waals surface area contributed by atoms with Crippen LogP contribution in [0.1, 0.15) is 30.5 Å². The average molecular weight is 355 g/mol. The van der Waals surface area contributed by atoms with Crippen LogP contribution in [0.2, 0.25) is 0 Å². The van der Waals surface area contributed by atoms with Crippen molar-refractivity contribution < 1.29 is 4.79 Å². The Balaban J connectivity index is 1.45. The molecule has 3 heterocycles. The van der Waals surface area contributed by atoms with Crippen LogP contribution in [0.15, 0.2) is 36.8 Å². The number of amides is 1. The Bertz CT molecular complexity index is 699. The van der Waals surface area contributed by atoms with E-state index in [1.54, 1.807) is 4.68 Å². The van der Waals surface area contributed by atoms with Gasteiger partial charge in [0, 0.05) is 63.7 Å². The lowest BCUT2D eigenvalue weighted by atomic mass is 10.0. The highest BCUT2D eigenvalue weighted by atomic mass is 16.2. The minimum Gasteiger partial charge on any atom is -0.341 e. The molecule has 1 aliphatic heterocycles. The molecule has 0 saturated carbocycles. The van der Waals surface area contributed by atoms with Crippen molar-refractivity contribution in [3.8, 4) is 0 Å². The molecule has 6 nitrogen and oxygen atoms in total. The van der Waals surface area contributed by atoms with Crippen molar-refractivity contribution in [2.75, 3.05) is 26.7 Å². The molecule has 0 N–H and O–H groups in total. The maximum absolute atomic E-state index is 12.6. The van der Waals surface area contributed by atoms with Crippen molar-refractivity contribution in [3.05, 3.63) is 48.0 Å². The summed E-state index contributed by atoms with van der Waals surface area (Å²) in [6, 6.07) is 6.49. The van der Waals surface area contributed by atoms with E-state index in [0.717, 1.165) is 56.6 Å². The average Bonchev–Trinajstić information content (AvgIpc) is 3.10. The van der Waals surface area contributed by atoms with E-state index in [9.17, 15) is 4.79 Å². The minimum absolute atomic E-state index is 0.261. The van der Waals surface area contributed by atoms with Gasteiger partial charge in [-0.25, -0.2) is 0 Å². The van der Waals surface area contributed by atoms with Gasteiger partial charge in [0.05, 0.1) is 6.20 Å². The molecule has 140 valence electrons. The van der Waals surface area contributed by atoms with Crippen LogP contribution in [0.5, 0.6) is 0 Å². The van der Waals surface area contributed by atoms with Crippen LogP contribution in [0.3, 0.4) is 0 Å². The molecule has 3 rings (SSSR count). The maximum atomic E-state index is 12.6. The molecule has 2 aromatic heterocycles. The van der Waals surface area contributed by atoms with Crippen LogP contribution in [0.4, 0.5) is 0 Å². The molecule has 6 heteroatoms. The number of hydrogen-bond donors (Lipinski definition) is 0. The molecular weight excluding hydrogens is 326 g/mol. The molecule has 0 aromatic carbocycles. The number of likely N-dealkylation sites (tertiary alicyclic amines) is 1. The standard InChI is InChI=1S/C20H29N5O/c1-23(13-10-18-6-3-4-11-21-18)19-7-5-12-25(16-19)20(26)9-8-17-14-22-24(2)15-17/h3-4,6,11,14-15,19H,5,7-10,12-13,16H2,1-2H3. The van der Waals surface area contributed by atoms with Crippen molar-refractivity contribution in [2.24, 2.45) is 7.05 Å². The van der Waals surface area contributed by atoms with Crippen molar-refractivity contribution in [3.63, 3.8) is 0 Å². The Labute approximate surface area is 155 Å². The van der Waals surface area contributed by atoms with E-state index in [2.05, 4.69) is 28.1 Å². The van der Waals surface area contributed by atoms with E-state index >= 15 is 0 Å². The summed E-state index contributed by atoms with van der Waals surface area (Å²) in [5.74, 6) is 0.261. The molecule has 1 atom stereocenters. The zero-order valence-electron chi connectivity index (χ0n) is 15.8. The molecule has 1 fully saturated rings. The van der Waals surface area contributed by atoms with Gasteiger partial charge in [0.15, 0.2) is 0 Å². The highest BCUT2D eigenvalue weighted by Gasteiger charge is 2.25. The van der Waals surface area contributed by atoms with Crippen LogP contribution >= 0.6 is 0 Å². The molecule has 2 aromatic rings. The Morgan fingerprint density at radius 1 is 1.35 bits per heavy atom. The van der Waals surface area contributed by atoms with E-state index in [4.69, 9.17) is 0 Å². The van der Waals surface area contributed by atoms with Crippen LogP contribution in [0.25, 0.3) is 0 Å². The molecule has 0 bridgehead atoms. The minimum atomic E-state index is 0.261. The lowest BCUT2D eigenvalue weighted by molar-refractivity contribution is -0.133. The largest absolute Gasteiger partial charge is 0.341 e. The number of aryl methyl sites for hydroxylation is 2. The smallest absolute Gasteiger partial charge is 0.222 e. The molecular formula is C20H29N5O. The van der Waals surface area contributed by atoms with Gasteiger partial charge in [-0.3, -0.25) is 14.5 Å². The van der Waals surface area contributed by atoms with E-state index in [0.29, 0.717) is 12.5 Å². The maximum Gasteiger partial charge on any atom is 0.222 e. The van der Waals surface area contributed by atoms with Crippen LogP contribution < -0.4 is 0 Å². The predicted octanol–water partition coefficient (Wildman–Crippen LogP) is 1.91. The van der Waals surface area contributed by atoms with E-state index in [-0.39, 0.29) is 5.91 Å². The van der Waals surface area contributed by atoms with Crippen molar-refractivity contribution in [1.29, 1.82) is 0 Å². The molecule has 1 saturated heterocycles. The molecule has 0 spiro atoms. The van der Waals surface area contributed by atoms with Crippen LogP contribution in [-0.2, 0) is 24.7 Å². The fourth-order valence-corrected chi connectivity index (χ4v) is 3.57. The third kappa shape index (κ3) is 5.14. The third-order valence-corrected chi connectivity index (χ3v) is 5.21. The monoisotopic (exact) mass is 355 g/mol. The SMILES string of the molecule is CN(CCc1ccccn1)C1CCCN(C(=O)CCc2cnn(C)c2)C1. The summed E-state index contributed by atoms with van der Waals surface area (Å²) in [6.07, 6.45) is 10.2. The number of pyridine rings is 1. The molecule has 1 unspecified atom stereocenters. The summed E-state index contributed by atoms with van der Waals surface area (Å²) < 4.78 is 1.79. The van der Waals surface area contributed by atoms with Gasteiger partial charge in [0.2, 0.25) is 5.91 Å². The molecule has 0 aliphatic carbocycles. The second-order valence-electron chi connectivity index (χ2n) is 7.21. The van der Waals surface area contributed by atoms with Gasteiger partial charge < -0.3 is 9.80 Å². The van der Waals surface area contributed by atoms with E-state index in [1.807, 2.05) is 42.7 Å². The van der Waals surface area contributed by atoms with Crippen molar-refractivity contribution >= 4 is 5.91 Å². The van der Waals surface area contributed by atoms with Gasteiger partial charge >= 0.3 is 0 Å². The van der Waals surface area contributed by atoms with Gasteiger partial charge in [-0.05, 0) is 44.0 Å². The topological polar surface area (TPSA) is 54.3 Å². The number of nitrogens with zero attached hydrogens (tertiary/aromatic N) is 5. The summed E-state index contributed by atoms with van der Waals surface area (Å²) in [4.78, 5) is 21.4. The normalized spacial score (nSPS) is 17.7. The lowest BCUT2D eigenvalue weighted by Gasteiger charge is -2.37. The summed E-state index contributed by atoms with van der Waals surface area (Å²) in [6.45, 7) is 2.69. The number of carbonyl (C=O) groups is 1. The number of hydrogen-bond acceptors (Lipinski definition) is 4. The Morgan fingerprint density at radius 2 is 2.23 bits per heavy atom. The fourth-order valence-electron chi connectivity index (χ4n) is 3.57. The first-order chi connectivity index (χ1) is 12.6. The van der Waals surface area contributed by atoms with Crippen LogP contribution in [0, 0.1) is 0 Å². The van der Waals surface area contributed by atoms with Gasteiger partial charge in [0.1, 0.15) is 0 Å². The summed E-state index contributed by atoms with van der Waals surface area (Å²) >= 11 is 0. The lowest BCUT2D eigenvalue weighted by Crippen LogP contribution is -2.49. The number of piperidine rings is 1. The molecule has 26 heavy (non-hydrogen) atoms. The zero-order chi connectivity index (χ0) is 18.4. The fraction of sp³-hybridized carbons (Fsp3) is 0.550. The molecule has 0 radical (unpaired) electrons. The number of likely N-dealkylation sites (N-methyl/N-ethyl adjacent to an activating group) is 1. The summed E-state index contributed by atoms with van der Waals surface area (Å²) in [5.41, 5.74) is 2.25. The zero-order valence-corrected chi connectivity index (χ0v) is 15.8. The first kappa shape index (κ1) is 18.6. The van der Waals surface area contributed by atoms with E-state index < -0.39 is 0 Å². The molecule has 1 amide bonds. The van der Waals surface area contributed by atoms with Gasteiger partial charge in [-0.15, -0.1) is 0 Å². The summed E-state index contributed by atoms with van der Waals surface area (Å²) in [5, 5.41) is 4.17. The molecule has 1 aliphatic rings. The number of rotatable bonds is 7. The van der Waals surface area contributed by atoms with Crippen molar-refractivity contribution in [2.45, 2.75) is 38.1 Å². The predicted molar refractivity (Wildman–Crippen MR) is 102 cm³/mol. The van der Waals surface area contributed by atoms with Crippen LogP contribution in [-0.4, -0.2) is 63.2 Å². The Hall–Kier alpha value is -2.21. The number of aromatic nitrogens is 3. The second-order valence-corrected chi connectivity index (χ2v) is 7.21. The number of carbonyl (C=O) groups excluding carboxylic acids is 1. The first-order valence-electron chi connectivity index (χ1n) is 9.47. The van der Waals surface area contributed by atoms with Gasteiger partial charge in [-0.2, -0.15) is 5.10 Å². The van der Waals surface area contributed by atoms with E-state index in [1.165, 1.54) is 0 Å². The first-order valence-corrected chi connectivity index (χ1v) is 9.47. The highest BCUT2D eigenvalue weighted by Crippen LogP contribution is 2.17. The second kappa shape index (κ2) is 8.94. The van der Waals surface area contributed by atoms with Crippen molar-refractivity contribution in [1.82, 2.24) is 24.6 Å².